The fourth-order valence-corrected chi connectivity index (χ4v) is 2.76. The van der Waals surface area contributed by atoms with Crippen LogP contribution in [0.5, 0.6) is 0 Å². The third kappa shape index (κ3) is 4.66. The zero-order valence-electron chi connectivity index (χ0n) is 11.2. The first-order chi connectivity index (χ1) is 9.44. The molecule has 1 heterocycles. The third-order valence-electron chi connectivity index (χ3n) is 2.46. The lowest BCUT2D eigenvalue weighted by molar-refractivity contribution is 0.324. The second kappa shape index (κ2) is 6.43. The van der Waals surface area contributed by atoms with Gasteiger partial charge in [-0.25, -0.2) is 4.98 Å². The largest absolute Gasteiger partial charge is 0.436 e. The molecule has 0 saturated carbocycles. The quantitative estimate of drug-likeness (QED) is 0.764. The highest BCUT2D eigenvalue weighted by Gasteiger charge is 2.12. The smallest absolute Gasteiger partial charge is 0.264 e. The molecule has 1 aromatic carbocycles. The van der Waals surface area contributed by atoms with Crippen LogP contribution in [0.1, 0.15) is 11.5 Å². The lowest BCUT2D eigenvalue weighted by Gasteiger charge is -1.98. The van der Waals surface area contributed by atoms with Gasteiger partial charge in [-0.15, -0.1) is 0 Å². The Kier molecular flexibility index (Phi) is 4.85. The summed E-state index contributed by atoms with van der Waals surface area (Å²) in [7, 11) is -3.41. The van der Waals surface area contributed by atoms with Gasteiger partial charge < -0.3 is 4.42 Å². The molecule has 0 N–H and O–H groups in total. The molecule has 0 bridgehead atoms. The molecule has 108 valence electrons. The minimum atomic E-state index is -3.41. The summed E-state index contributed by atoms with van der Waals surface area (Å²) < 4.78 is 32.0. The minimum Gasteiger partial charge on any atom is -0.436 e. The van der Waals surface area contributed by atoms with Crippen LogP contribution in [0, 0.1) is 6.92 Å². The maximum atomic E-state index is 10.9. The second-order valence-electron chi connectivity index (χ2n) is 4.17. The number of oxazole rings is 1. The van der Waals surface area contributed by atoms with Crippen molar-refractivity contribution in [3.8, 4) is 0 Å². The van der Waals surface area contributed by atoms with Crippen molar-refractivity contribution in [3.63, 3.8) is 0 Å². The van der Waals surface area contributed by atoms with Gasteiger partial charge in [0, 0.05) is 11.3 Å². The normalized spacial score (nSPS) is 11.7. The van der Waals surface area contributed by atoms with Gasteiger partial charge in [-0.05, 0) is 30.8 Å². The van der Waals surface area contributed by atoms with Crippen LogP contribution in [0.4, 0.5) is 0 Å². The third-order valence-corrected chi connectivity index (χ3v) is 3.91. The van der Waals surface area contributed by atoms with E-state index in [1.807, 2.05) is 30.3 Å². The summed E-state index contributed by atoms with van der Waals surface area (Å²) in [5.41, 5.74) is 0.715. The first kappa shape index (κ1) is 15.1. The molecule has 2 rings (SSSR count). The Bertz CT molecular complexity index is 665. The van der Waals surface area contributed by atoms with E-state index < -0.39 is 10.1 Å². The van der Waals surface area contributed by atoms with Crippen molar-refractivity contribution in [2.45, 2.75) is 23.5 Å². The average Bonchev–Trinajstić information content (AvgIpc) is 2.69. The van der Waals surface area contributed by atoms with E-state index >= 15 is 0 Å². The number of benzene rings is 1. The van der Waals surface area contributed by atoms with Crippen molar-refractivity contribution in [1.29, 1.82) is 0 Å². The summed E-state index contributed by atoms with van der Waals surface area (Å²) in [5.74, 6) is 0.681. The molecular weight excluding hydrogens is 298 g/mol. The van der Waals surface area contributed by atoms with Crippen molar-refractivity contribution in [2.75, 3.05) is 12.9 Å². The van der Waals surface area contributed by atoms with Gasteiger partial charge in [-0.3, -0.25) is 4.18 Å². The van der Waals surface area contributed by atoms with Crippen molar-refractivity contribution >= 4 is 21.9 Å². The van der Waals surface area contributed by atoms with Crippen LogP contribution in [0.3, 0.4) is 0 Å². The Morgan fingerprint density at radius 1 is 1.30 bits per heavy atom. The van der Waals surface area contributed by atoms with Crippen LogP contribution in [0.2, 0.25) is 0 Å². The molecule has 2 aromatic rings. The molecule has 0 amide bonds. The van der Waals surface area contributed by atoms with E-state index in [-0.39, 0.29) is 6.61 Å². The maximum absolute atomic E-state index is 10.9. The highest BCUT2D eigenvalue weighted by molar-refractivity contribution is 7.99. The minimum absolute atomic E-state index is 0.0711. The zero-order chi connectivity index (χ0) is 14.6. The highest BCUT2D eigenvalue weighted by atomic mass is 32.2. The van der Waals surface area contributed by atoms with E-state index in [0.29, 0.717) is 23.1 Å². The Hall–Kier alpha value is -1.31. The SMILES string of the molecule is Cc1oc(Sc2ccccc2)nc1CCOS(C)(=O)=O. The molecule has 7 heteroatoms. The van der Waals surface area contributed by atoms with Gasteiger partial charge in [0.15, 0.2) is 0 Å². The van der Waals surface area contributed by atoms with E-state index in [1.165, 1.54) is 11.8 Å². The Morgan fingerprint density at radius 2 is 2.00 bits per heavy atom. The summed E-state index contributed by atoms with van der Waals surface area (Å²) >= 11 is 1.42. The average molecular weight is 313 g/mol. The topological polar surface area (TPSA) is 69.4 Å². The van der Waals surface area contributed by atoms with Gasteiger partial charge in [0.1, 0.15) is 5.76 Å². The van der Waals surface area contributed by atoms with E-state index in [9.17, 15) is 8.42 Å². The molecule has 20 heavy (non-hydrogen) atoms. The molecule has 0 atom stereocenters. The van der Waals surface area contributed by atoms with Crippen LogP contribution in [-0.4, -0.2) is 26.3 Å². The fraction of sp³-hybridized carbons (Fsp3) is 0.308. The van der Waals surface area contributed by atoms with Crippen LogP contribution >= 0.6 is 11.8 Å². The standard InChI is InChI=1S/C13H15NO4S2/c1-10-12(8-9-17-20(2,15)16)14-13(18-10)19-11-6-4-3-5-7-11/h3-7H,8-9H2,1-2H3. The Morgan fingerprint density at radius 3 is 2.65 bits per heavy atom. The van der Waals surface area contributed by atoms with Crippen LogP contribution in [0.15, 0.2) is 44.9 Å². The molecule has 0 radical (unpaired) electrons. The predicted molar refractivity (Wildman–Crippen MR) is 76.3 cm³/mol. The van der Waals surface area contributed by atoms with Crippen molar-refractivity contribution < 1.29 is 17.0 Å². The molecule has 0 saturated heterocycles. The van der Waals surface area contributed by atoms with Crippen molar-refractivity contribution in [3.05, 3.63) is 41.8 Å². The molecule has 0 unspecified atom stereocenters. The van der Waals surface area contributed by atoms with Gasteiger partial charge in [-0.1, -0.05) is 18.2 Å². The van der Waals surface area contributed by atoms with Crippen molar-refractivity contribution in [2.24, 2.45) is 0 Å². The number of nitrogens with zero attached hydrogens (tertiary/aromatic N) is 1. The maximum Gasteiger partial charge on any atom is 0.264 e. The number of hydrogen-bond acceptors (Lipinski definition) is 6. The number of aromatic nitrogens is 1. The second-order valence-corrected chi connectivity index (χ2v) is 6.84. The van der Waals surface area contributed by atoms with E-state index in [2.05, 4.69) is 4.98 Å². The molecule has 5 nitrogen and oxygen atoms in total. The lowest BCUT2D eigenvalue weighted by Crippen LogP contribution is -2.06. The molecule has 0 aliphatic rings. The summed E-state index contributed by atoms with van der Waals surface area (Å²) in [6, 6.07) is 9.77. The van der Waals surface area contributed by atoms with Crippen LogP contribution in [0.25, 0.3) is 0 Å². The van der Waals surface area contributed by atoms with E-state index in [1.54, 1.807) is 6.92 Å². The number of rotatable bonds is 6. The monoisotopic (exact) mass is 313 g/mol. The Labute approximate surface area is 122 Å². The molecular formula is C13H15NO4S2. The zero-order valence-corrected chi connectivity index (χ0v) is 12.8. The first-order valence-electron chi connectivity index (χ1n) is 5.97. The van der Waals surface area contributed by atoms with E-state index in [4.69, 9.17) is 8.60 Å². The summed E-state index contributed by atoms with van der Waals surface area (Å²) in [5, 5.41) is 0.544. The van der Waals surface area contributed by atoms with Gasteiger partial charge >= 0.3 is 0 Å². The van der Waals surface area contributed by atoms with Crippen LogP contribution < -0.4 is 0 Å². The lowest BCUT2D eigenvalue weighted by atomic mass is 10.3. The summed E-state index contributed by atoms with van der Waals surface area (Å²) in [6.07, 6.45) is 1.43. The molecule has 0 spiro atoms. The van der Waals surface area contributed by atoms with Gasteiger partial charge in [0.2, 0.25) is 0 Å². The van der Waals surface area contributed by atoms with Crippen LogP contribution in [-0.2, 0) is 20.7 Å². The number of hydrogen-bond donors (Lipinski definition) is 0. The van der Waals surface area contributed by atoms with Gasteiger partial charge in [-0.2, -0.15) is 8.42 Å². The number of aryl methyl sites for hydroxylation is 1. The first-order valence-corrected chi connectivity index (χ1v) is 8.61. The summed E-state index contributed by atoms with van der Waals surface area (Å²) in [6.45, 7) is 1.87. The summed E-state index contributed by atoms with van der Waals surface area (Å²) in [4.78, 5) is 5.38. The fourth-order valence-electron chi connectivity index (χ4n) is 1.56. The molecule has 0 aliphatic carbocycles. The predicted octanol–water partition coefficient (Wildman–Crippen LogP) is 2.65. The molecule has 0 fully saturated rings. The highest BCUT2D eigenvalue weighted by Crippen LogP contribution is 2.28. The molecule has 0 aliphatic heterocycles. The van der Waals surface area contributed by atoms with Crippen molar-refractivity contribution in [1.82, 2.24) is 4.98 Å². The van der Waals surface area contributed by atoms with Gasteiger partial charge in [0.25, 0.3) is 15.3 Å². The van der Waals surface area contributed by atoms with E-state index in [0.717, 1.165) is 11.2 Å². The molecule has 1 aromatic heterocycles. The Balaban J connectivity index is 1.99. The van der Waals surface area contributed by atoms with Gasteiger partial charge in [0.05, 0.1) is 18.6 Å².